The normalized spacial score (nSPS) is 11.1. The molecule has 0 bridgehead atoms. The van der Waals surface area contributed by atoms with Gasteiger partial charge in [0.25, 0.3) is 0 Å². The molecule has 0 atom stereocenters. The summed E-state index contributed by atoms with van der Waals surface area (Å²) in [5, 5.41) is 0. The van der Waals surface area contributed by atoms with Gasteiger partial charge < -0.3 is 10.7 Å². The Morgan fingerprint density at radius 3 is 2.79 bits per heavy atom. The van der Waals surface area contributed by atoms with Crippen LogP contribution in [0.2, 0.25) is 0 Å². The van der Waals surface area contributed by atoms with Gasteiger partial charge in [0.05, 0.1) is 15.5 Å². The van der Waals surface area contributed by atoms with E-state index in [1.165, 1.54) is 6.07 Å². The molecule has 1 aromatic heterocycles. The molecule has 2 aromatic carbocycles. The molecule has 3 rings (SSSR count). The lowest BCUT2D eigenvalue weighted by Gasteiger charge is -1.98. The second-order valence-corrected chi connectivity index (χ2v) is 5.12. The maximum absolute atomic E-state index is 13.2. The molecule has 1 heterocycles. The fraction of sp³-hybridized carbons (Fsp3) is 0.0714. The van der Waals surface area contributed by atoms with E-state index in [2.05, 4.69) is 25.9 Å². The molecule has 0 spiro atoms. The Labute approximate surface area is 117 Å². The van der Waals surface area contributed by atoms with Crippen LogP contribution in [-0.4, -0.2) is 9.97 Å². The minimum absolute atomic E-state index is 0.287. The van der Waals surface area contributed by atoms with Gasteiger partial charge in [-0.05, 0) is 51.8 Å². The predicted octanol–water partition coefficient (Wildman–Crippen LogP) is 3.59. The summed E-state index contributed by atoms with van der Waals surface area (Å²) in [4.78, 5) is 7.71. The molecule has 0 unspecified atom stereocenters. The lowest BCUT2D eigenvalue weighted by atomic mass is 10.2. The van der Waals surface area contributed by atoms with Crippen LogP contribution in [0.1, 0.15) is 5.56 Å². The van der Waals surface area contributed by atoms with Gasteiger partial charge in [-0.2, -0.15) is 0 Å². The number of nitrogens with two attached hydrogens (primary N) is 1. The molecule has 0 fully saturated rings. The molecule has 19 heavy (non-hydrogen) atoms. The maximum atomic E-state index is 13.2. The summed E-state index contributed by atoms with van der Waals surface area (Å²) in [5.41, 5.74) is 9.29. The number of fused-ring (bicyclic) bond motifs is 1. The number of nitrogens with zero attached hydrogens (tertiary/aromatic N) is 1. The van der Waals surface area contributed by atoms with E-state index < -0.39 is 0 Å². The summed E-state index contributed by atoms with van der Waals surface area (Å²) in [5.74, 6) is 0.426. The van der Waals surface area contributed by atoms with E-state index in [0.29, 0.717) is 16.8 Å². The second-order valence-electron chi connectivity index (χ2n) is 4.27. The minimum Gasteiger partial charge on any atom is -0.338 e. The molecule has 0 radical (unpaired) electrons. The summed E-state index contributed by atoms with van der Waals surface area (Å²) in [6.07, 6.45) is 0. The lowest BCUT2D eigenvalue weighted by Crippen LogP contribution is -1.95. The van der Waals surface area contributed by atoms with E-state index in [0.717, 1.165) is 22.2 Å². The molecule has 0 aliphatic heterocycles. The molecular formula is C14H11BrFN3. The van der Waals surface area contributed by atoms with Crippen LogP contribution in [0.5, 0.6) is 0 Å². The monoisotopic (exact) mass is 319 g/mol. The highest BCUT2D eigenvalue weighted by atomic mass is 79.9. The van der Waals surface area contributed by atoms with Crippen LogP contribution in [0.4, 0.5) is 4.39 Å². The zero-order chi connectivity index (χ0) is 13.4. The number of aromatic amines is 1. The van der Waals surface area contributed by atoms with Crippen molar-refractivity contribution in [3.05, 3.63) is 52.3 Å². The van der Waals surface area contributed by atoms with E-state index in [1.807, 2.05) is 18.2 Å². The van der Waals surface area contributed by atoms with Crippen molar-refractivity contribution in [1.82, 2.24) is 9.97 Å². The van der Waals surface area contributed by atoms with Crippen LogP contribution in [0.25, 0.3) is 22.4 Å². The van der Waals surface area contributed by atoms with Crippen LogP contribution >= 0.6 is 15.9 Å². The van der Waals surface area contributed by atoms with Crippen LogP contribution < -0.4 is 5.73 Å². The van der Waals surface area contributed by atoms with Crippen LogP contribution in [0, 0.1) is 5.82 Å². The van der Waals surface area contributed by atoms with Crippen molar-refractivity contribution < 1.29 is 4.39 Å². The topological polar surface area (TPSA) is 54.7 Å². The van der Waals surface area contributed by atoms with Crippen molar-refractivity contribution in [2.45, 2.75) is 6.54 Å². The number of nitrogens with one attached hydrogen (secondary N) is 1. The molecule has 0 amide bonds. The molecular weight excluding hydrogens is 309 g/mol. The number of aromatic nitrogens is 2. The predicted molar refractivity (Wildman–Crippen MR) is 77.1 cm³/mol. The van der Waals surface area contributed by atoms with Gasteiger partial charge in [-0.25, -0.2) is 9.37 Å². The first-order chi connectivity index (χ1) is 9.17. The number of hydrogen-bond donors (Lipinski definition) is 2. The third kappa shape index (κ3) is 2.27. The average molecular weight is 320 g/mol. The Bertz CT molecular complexity index is 752. The maximum Gasteiger partial charge on any atom is 0.138 e. The number of imidazole rings is 1. The molecule has 3 aromatic rings. The number of halogens is 2. The number of benzene rings is 2. The van der Waals surface area contributed by atoms with Crippen molar-refractivity contribution in [2.75, 3.05) is 0 Å². The van der Waals surface area contributed by atoms with E-state index in [4.69, 9.17) is 5.73 Å². The van der Waals surface area contributed by atoms with Gasteiger partial charge in [0.1, 0.15) is 11.6 Å². The first-order valence-electron chi connectivity index (χ1n) is 5.81. The van der Waals surface area contributed by atoms with E-state index >= 15 is 0 Å². The van der Waals surface area contributed by atoms with Crippen molar-refractivity contribution in [3.63, 3.8) is 0 Å². The van der Waals surface area contributed by atoms with Crippen molar-refractivity contribution in [2.24, 2.45) is 5.73 Å². The highest BCUT2D eigenvalue weighted by Gasteiger charge is 2.08. The van der Waals surface area contributed by atoms with Crippen LogP contribution in [-0.2, 0) is 6.54 Å². The fourth-order valence-electron chi connectivity index (χ4n) is 1.96. The third-order valence-electron chi connectivity index (χ3n) is 2.98. The van der Waals surface area contributed by atoms with Gasteiger partial charge in [0, 0.05) is 12.1 Å². The fourth-order valence-corrected chi connectivity index (χ4v) is 2.34. The van der Waals surface area contributed by atoms with Gasteiger partial charge in [0.2, 0.25) is 0 Å². The highest BCUT2D eigenvalue weighted by molar-refractivity contribution is 9.10. The average Bonchev–Trinajstić information content (AvgIpc) is 2.84. The molecule has 3 nitrogen and oxygen atoms in total. The lowest BCUT2D eigenvalue weighted by molar-refractivity contribution is 0.621. The number of rotatable bonds is 2. The smallest absolute Gasteiger partial charge is 0.138 e. The number of H-pyrrole nitrogens is 1. The van der Waals surface area contributed by atoms with Gasteiger partial charge in [-0.15, -0.1) is 0 Å². The van der Waals surface area contributed by atoms with Crippen molar-refractivity contribution in [3.8, 4) is 11.4 Å². The summed E-state index contributed by atoms with van der Waals surface area (Å²) < 4.78 is 13.7. The third-order valence-corrected chi connectivity index (χ3v) is 3.58. The highest BCUT2D eigenvalue weighted by Crippen LogP contribution is 2.25. The van der Waals surface area contributed by atoms with E-state index in [-0.39, 0.29) is 5.82 Å². The molecule has 5 heteroatoms. The van der Waals surface area contributed by atoms with Gasteiger partial charge in [-0.1, -0.05) is 6.07 Å². The van der Waals surface area contributed by atoms with Crippen LogP contribution in [0.15, 0.2) is 40.9 Å². The van der Waals surface area contributed by atoms with Gasteiger partial charge in [0.15, 0.2) is 0 Å². The largest absolute Gasteiger partial charge is 0.338 e. The first-order valence-corrected chi connectivity index (χ1v) is 6.61. The first kappa shape index (κ1) is 12.3. The summed E-state index contributed by atoms with van der Waals surface area (Å²) in [6.45, 7) is 0.492. The Morgan fingerprint density at radius 1 is 1.21 bits per heavy atom. The Hall–Kier alpha value is -1.72. The van der Waals surface area contributed by atoms with E-state index in [1.54, 1.807) is 12.1 Å². The Balaban J connectivity index is 2.11. The standard InChI is InChI=1S/C14H11BrFN3/c15-10-6-9(2-3-11(10)16)14-18-12-4-1-8(7-17)5-13(12)19-14/h1-6H,7,17H2,(H,18,19). The SMILES string of the molecule is NCc1ccc2nc(-c3ccc(F)c(Br)c3)[nH]c2c1. The van der Waals surface area contributed by atoms with Crippen molar-refractivity contribution >= 4 is 27.0 Å². The molecule has 0 aliphatic rings. The molecule has 0 aliphatic carbocycles. The summed E-state index contributed by atoms with van der Waals surface area (Å²) in [7, 11) is 0. The van der Waals surface area contributed by atoms with Gasteiger partial charge >= 0.3 is 0 Å². The van der Waals surface area contributed by atoms with Gasteiger partial charge in [-0.3, -0.25) is 0 Å². The molecule has 3 N–H and O–H groups in total. The zero-order valence-electron chi connectivity index (χ0n) is 9.95. The molecule has 0 saturated carbocycles. The second kappa shape index (κ2) is 4.75. The molecule has 0 saturated heterocycles. The van der Waals surface area contributed by atoms with Crippen LogP contribution in [0.3, 0.4) is 0 Å². The minimum atomic E-state index is -0.287. The zero-order valence-corrected chi connectivity index (χ0v) is 11.5. The molecule has 96 valence electrons. The number of hydrogen-bond acceptors (Lipinski definition) is 2. The quantitative estimate of drug-likeness (QED) is 0.758. The summed E-state index contributed by atoms with van der Waals surface area (Å²) >= 11 is 3.18. The summed E-state index contributed by atoms with van der Waals surface area (Å²) in [6, 6.07) is 10.7. The Kier molecular flexibility index (Phi) is 3.08. The van der Waals surface area contributed by atoms with Crippen molar-refractivity contribution in [1.29, 1.82) is 0 Å². The van der Waals surface area contributed by atoms with E-state index in [9.17, 15) is 4.39 Å². The Morgan fingerprint density at radius 2 is 2.05 bits per heavy atom.